The van der Waals surface area contributed by atoms with Crippen LogP contribution in [0.4, 0.5) is 0 Å². The van der Waals surface area contributed by atoms with Crippen molar-refractivity contribution in [2.45, 2.75) is 20.8 Å². The van der Waals surface area contributed by atoms with Crippen molar-refractivity contribution >= 4 is 0 Å². The minimum atomic E-state index is 0.149. The Morgan fingerprint density at radius 3 is 2.22 bits per heavy atom. The minimum Gasteiger partial charge on any atom is -0.175 e. The lowest BCUT2D eigenvalue weighted by molar-refractivity contribution is 0.447. The van der Waals surface area contributed by atoms with Crippen LogP contribution in [-0.4, -0.2) is 0 Å². The molecule has 0 aromatic heterocycles. The standard InChI is InChI=1S/C7H11N2/c1-7(2,3)6-4-5-8-9-6/h4-5H,1-3H3. The first-order valence-corrected chi connectivity index (χ1v) is 3.05. The van der Waals surface area contributed by atoms with Crippen molar-refractivity contribution < 1.29 is 0 Å². The molecule has 1 heterocycles. The second-order valence-corrected chi connectivity index (χ2v) is 3.17. The maximum Gasteiger partial charge on any atom is 0.138 e. The molecule has 0 aliphatic carbocycles. The lowest BCUT2D eigenvalue weighted by Crippen LogP contribution is -2.12. The quantitative estimate of drug-likeness (QED) is 0.473. The summed E-state index contributed by atoms with van der Waals surface area (Å²) in [5, 5.41) is 7.68. The third-order valence-electron chi connectivity index (χ3n) is 1.23. The predicted molar refractivity (Wildman–Crippen MR) is 36.7 cm³/mol. The van der Waals surface area contributed by atoms with Crippen molar-refractivity contribution in [2.75, 3.05) is 0 Å². The highest BCUT2D eigenvalue weighted by molar-refractivity contribution is 5.17. The van der Waals surface area contributed by atoms with E-state index < -0.39 is 0 Å². The van der Waals surface area contributed by atoms with Gasteiger partial charge in [0.25, 0.3) is 0 Å². The van der Waals surface area contributed by atoms with Gasteiger partial charge in [0.15, 0.2) is 0 Å². The van der Waals surface area contributed by atoms with Crippen LogP contribution >= 0.6 is 0 Å². The zero-order valence-electron chi connectivity index (χ0n) is 6.05. The molecule has 49 valence electrons. The highest BCUT2D eigenvalue weighted by Crippen LogP contribution is 2.32. The van der Waals surface area contributed by atoms with Gasteiger partial charge in [0.05, 0.1) is 0 Å². The summed E-state index contributed by atoms with van der Waals surface area (Å²) in [6.07, 6.45) is 3.67. The Balaban J connectivity index is 2.64. The molecule has 0 atom stereocenters. The molecule has 0 aromatic carbocycles. The Bertz CT molecular complexity index is 139. The number of rotatable bonds is 0. The second kappa shape index (κ2) is 1.94. The molecule has 0 aromatic rings. The molecule has 2 heteroatoms. The third-order valence-corrected chi connectivity index (χ3v) is 1.23. The van der Waals surface area contributed by atoms with Crippen molar-refractivity contribution in [1.82, 2.24) is 0 Å². The van der Waals surface area contributed by atoms with E-state index >= 15 is 0 Å². The predicted octanol–water partition coefficient (Wildman–Crippen LogP) is 2.54. The summed E-state index contributed by atoms with van der Waals surface area (Å²) < 4.78 is 0. The van der Waals surface area contributed by atoms with Gasteiger partial charge in [-0.05, 0) is 11.5 Å². The molecule has 0 unspecified atom stereocenters. The molecular weight excluding hydrogens is 112 g/mol. The van der Waals surface area contributed by atoms with Crippen LogP contribution in [0.25, 0.3) is 0 Å². The topological polar surface area (TPSA) is 24.7 Å². The smallest absolute Gasteiger partial charge is 0.138 e. The highest BCUT2D eigenvalue weighted by Gasteiger charge is 2.24. The van der Waals surface area contributed by atoms with Crippen LogP contribution in [0.15, 0.2) is 22.5 Å². The van der Waals surface area contributed by atoms with E-state index in [2.05, 4.69) is 31.0 Å². The van der Waals surface area contributed by atoms with Gasteiger partial charge >= 0.3 is 0 Å². The van der Waals surface area contributed by atoms with Crippen LogP contribution in [0.5, 0.6) is 0 Å². The fraction of sp³-hybridized carbons (Fsp3) is 0.571. The summed E-state index contributed by atoms with van der Waals surface area (Å²) in [5.74, 6) is 0. The molecular formula is C7H11N2. The van der Waals surface area contributed by atoms with Gasteiger partial charge in [-0.1, -0.05) is 20.8 Å². The Kier molecular flexibility index (Phi) is 1.39. The largest absolute Gasteiger partial charge is 0.175 e. The Morgan fingerprint density at radius 2 is 2.00 bits per heavy atom. The summed E-state index contributed by atoms with van der Waals surface area (Å²) in [5.41, 5.74) is 0.149. The van der Waals surface area contributed by atoms with E-state index in [1.54, 1.807) is 6.20 Å². The van der Waals surface area contributed by atoms with Crippen LogP contribution in [-0.2, 0) is 0 Å². The first-order chi connectivity index (χ1) is 4.11. The number of azo groups is 1. The summed E-state index contributed by atoms with van der Waals surface area (Å²) >= 11 is 0. The van der Waals surface area contributed by atoms with E-state index in [0.717, 1.165) is 6.04 Å². The van der Waals surface area contributed by atoms with Gasteiger partial charge in [-0.3, -0.25) is 0 Å². The molecule has 0 N–H and O–H groups in total. The summed E-state index contributed by atoms with van der Waals surface area (Å²) in [7, 11) is 0. The fourth-order valence-corrected chi connectivity index (χ4v) is 0.633. The van der Waals surface area contributed by atoms with Crippen LogP contribution in [0.2, 0.25) is 0 Å². The van der Waals surface area contributed by atoms with Crippen LogP contribution in [0.1, 0.15) is 20.8 Å². The molecule has 1 radical (unpaired) electrons. The van der Waals surface area contributed by atoms with E-state index in [4.69, 9.17) is 0 Å². The van der Waals surface area contributed by atoms with Crippen molar-refractivity contribution in [3.8, 4) is 0 Å². The first kappa shape index (κ1) is 6.46. The highest BCUT2D eigenvalue weighted by atomic mass is 15.1. The summed E-state index contributed by atoms with van der Waals surface area (Å²) in [4.78, 5) is 0. The lowest BCUT2D eigenvalue weighted by atomic mass is 9.88. The van der Waals surface area contributed by atoms with Crippen LogP contribution in [0.3, 0.4) is 0 Å². The summed E-state index contributed by atoms with van der Waals surface area (Å²) in [6, 6.07) is 1.06. The SMILES string of the molecule is CC(C)(C)[C]1C=CN=N1. The van der Waals surface area contributed by atoms with Gasteiger partial charge in [-0.25, -0.2) is 0 Å². The number of hydrogen-bond donors (Lipinski definition) is 0. The molecule has 9 heavy (non-hydrogen) atoms. The summed E-state index contributed by atoms with van der Waals surface area (Å²) in [6.45, 7) is 6.37. The third kappa shape index (κ3) is 1.37. The van der Waals surface area contributed by atoms with Gasteiger partial charge in [0.1, 0.15) is 6.04 Å². The van der Waals surface area contributed by atoms with Crippen LogP contribution < -0.4 is 0 Å². The first-order valence-electron chi connectivity index (χ1n) is 3.05. The molecule has 0 bridgehead atoms. The van der Waals surface area contributed by atoms with Crippen molar-refractivity contribution in [2.24, 2.45) is 15.6 Å². The molecule has 0 fully saturated rings. The zero-order valence-corrected chi connectivity index (χ0v) is 6.05. The normalized spacial score (nSPS) is 19.4. The second-order valence-electron chi connectivity index (χ2n) is 3.17. The minimum absolute atomic E-state index is 0.149. The molecule has 1 rings (SSSR count). The molecule has 0 saturated heterocycles. The van der Waals surface area contributed by atoms with E-state index in [1.165, 1.54) is 0 Å². The molecule has 1 aliphatic rings. The molecule has 0 amide bonds. The fourth-order valence-electron chi connectivity index (χ4n) is 0.633. The number of hydrogen-bond acceptors (Lipinski definition) is 2. The maximum atomic E-state index is 3.94. The monoisotopic (exact) mass is 123 g/mol. The van der Waals surface area contributed by atoms with E-state index in [0.29, 0.717) is 0 Å². The average molecular weight is 123 g/mol. The van der Waals surface area contributed by atoms with Gasteiger partial charge < -0.3 is 0 Å². The maximum absolute atomic E-state index is 3.94. The van der Waals surface area contributed by atoms with E-state index in [9.17, 15) is 0 Å². The Morgan fingerprint density at radius 1 is 1.33 bits per heavy atom. The van der Waals surface area contributed by atoms with Gasteiger partial charge in [0.2, 0.25) is 0 Å². The van der Waals surface area contributed by atoms with Gasteiger partial charge in [0, 0.05) is 6.20 Å². The van der Waals surface area contributed by atoms with Crippen molar-refractivity contribution in [3.05, 3.63) is 18.3 Å². The van der Waals surface area contributed by atoms with Gasteiger partial charge in [-0.2, -0.15) is 10.2 Å². The molecule has 2 nitrogen and oxygen atoms in total. The average Bonchev–Trinajstić information content (AvgIpc) is 2.08. The molecule has 1 aliphatic heterocycles. The Hall–Kier alpha value is -0.660. The Labute approximate surface area is 55.7 Å². The lowest BCUT2D eigenvalue weighted by Gasteiger charge is -2.19. The molecule has 0 saturated carbocycles. The van der Waals surface area contributed by atoms with Gasteiger partial charge in [-0.15, -0.1) is 0 Å². The molecule has 0 spiro atoms. The van der Waals surface area contributed by atoms with Crippen molar-refractivity contribution in [1.29, 1.82) is 0 Å². The van der Waals surface area contributed by atoms with Crippen LogP contribution in [0, 0.1) is 11.5 Å². The zero-order chi connectivity index (χ0) is 6.91. The number of nitrogens with zero attached hydrogens (tertiary/aromatic N) is 2. The van der Waals surface area contributed by atoms with E-state index in [-0.39, 0.29) is 5.41 Å². The van der Waals surface area contributed by atoms with E-state index in [1.807, 2.05) is 6.08 Å². The van der Waals surface area contributed by atoms with Crippen molar-refractivity contribution in [3.63, 3.8) is 0 Å².